The Morgan fingerprint density at radius 2 is 2.20 bits per heavy atom. The molecule has 0 aliphatic carbocycles. The van der Waals surface area contributed by atoms with E-state index in [2.05, 4.69) is 5.10 Å². The quantitative estimate of drug-likeness (QED) is 0.789. The molecule has 0 fully saturated rings. The molecule has 0 unspecified atom stereocenters. The van der Waals surface area contributed by atoms with Crippen molar-refractivity contribution in [3.05, 3.63) is 47.0 Å². The predicted molar refractivity (Wildman–Crippen MR) is 73.6 cm³/mol. The second kappa shape index (κ2) is 5.86. The third-order valence-corrected chi connectivity index (χ3v) is 3.04. The van der Waals surface area contributed by atoms with E-state index in [1.807, 2.05) is 13.8 Å². The molecule has 0 radical (unpaired) electrons. The number of aromatic nitrogens is 2. The summed E-state index contributed by atoms with van der Waals surface area (Å²) in [5, 5.41) is 4.12. The fourth-order valence-electron chi connectivity index (χ4n) is 2.07. The van der Waals surface area contributed by atoms with Crippen LogP contribution in [0.2, 0.25) is 0 Å². The van der Waals surface area contributed by atoms with Crippen LogP contribution in [0.4, 0.5) is 4.39 Å². The van der Waals surface area contributed by atoms with Crippen molar-refractivity contribution < 1.29 is 13.9 Å². The molecular formula is C15H17FN2O2. The van der Waals surface area contributed by atoms with Crippen molar-refractivity contribution >= 4 is 5.78 Å². The molecule has 0 saturated heterocycles. The van der Waals surface area contributed by atoms with E-state index < -0.39 is 11.6 Å². The van der Waals surface area contributed by atoms with Crippen molar-refractivity contribution in [3.63, 3.8) is 0 Å². The molecule has 0 N–H and O–H groups in total. The van der Waals surface area contributed by atoms with Crippen molar-refractivity contribution in [3.8, 4) is 5.75 Å². The van der Waals surface area contributed by atoms with Gasteiger partial charge in [-0.3, -0.25) is 9.48 Å². The minimum atomic E-state index is -0.535. The molecule has 0 aliphatic heterocycles. The van der Waals surface area contributed by atoms with Gasteiger partial charge in [-0.1, -0.05) is 18.6 Å². The molecule has 2 rings (SSSR count). The average Bonchev–Trinajstić information content (AvgIpc) is 2.84. The van der Waals surface area contributed by atoms with Crippen LogP contribution in [0, 0.1) is 12.7 Å². The Kier molecular flexibility index (Phi) is 4.17. The monoisotopic (exact) mass is 276 g/mol. The lowest BCUT2D eigenvalue weighted by Crippen LogP contribution is -2.14. The van der Waals surface area contributed by atoms with Gasteiger partial charge < -0.3 is 4.74 Å². The number of carbonyl (C=O) groups excluding carboxylic acids is 1. The van der Waals surface area contributed by atoms with Gasteiger partial charge in [-0.15, -0.1) is 0 Å². The van der Waals surface area contributed by atoms with E-state index in [4.69, 9.17) is 4.74 Å². The molecule has 1 heterocycles. The maximum atomic E-state index is 13.9. The highest BCUT2D eigenvalue weighted by atomic mass is 19.1. The molecule has 1 aromatic heterocycles. The lowest BCUT2D eigenvalue weighted by molar-refractivity contribution is 0.102. The van der Waals surface area contributed by atoms with Gasteiger partial charge in [-0.25, -0.2) is 4.39 Å². The number of hydrogen-bond acceptors (Lipinski definition) is 3. The van der Waals surface area contributed by atoms with Crippen LogP contribution in [0.25, 0.3) is 0 Å². The van der Waals surface area contributed by atoms with Crippen molar-refractivity contribution in [1.29, 1.82) is 0 Å². The van der Waals surface area contributed by atoms with Gasteiger partial charge in [0.25, 0.3) is 0 Å². The van der Waals surface area contributed by atoms with Gasteiger partial charge in [0.2, 0.25) is 5.78 Å². The fourth-order valence-corrected chi connectivity index (χ4v) is 2.07. The molecule has 1 aromatic carbocycles. The van der Waals surface area contributed by atoms with Crippen molar-refractivity contribution in [2.24, 2.45) is 0 Å². The zero-order valence-electron chi connectivity index (χ0n) is 11.8. The summed E-state index contributed by atoms with van der Waals surface area (Å²) >= 11 is 0. The van der Waals surface area contributed by atoms with Crippen LogP contribution >= 0.6 is 0 Å². The maximum Gasteiger partial charge on any atom is 0.217 e. The Bertz CT molecular complexity index is 635. The first kappa shape index (κ1) is 14.2. The van der Waals surface area contributed by atoms with Crippen LogP contribution in [0.15, 0.2) is 24.4 Å². The van der Waals surface area contributed by atoms with E-state index in [9.17, 15) is 9.18 Å². The van der Waals surface area contributed by atoms with Crippen molar-refractivity contribution in [1.82, 2.24) is 9.78 Å². The molecule has 20 heavy (non-hydrogen) atoms. The summed E-state index contributed by atoms with van der Waals surface area (Å²) in [6.45, 7) is 4.38. The number of ketones is 1. The van der Waals surface area contributed by atoms with E-state index in [0.717, 1.165) is 12.0 Å². The normalized spacial score (nSPS) is 10.6. The van der Waals surface area contributed by atoms with Gasteiger partial charge in [0.05, 0.1) is 18.9 Å². The number of nitrogens with zero attached hydrogens (tertiary/aromatic N) is 2. The molecular weight excluding hydrogens is 259 g/mol. The summed E-state index contributed by atoms with van der Waals surface area (Å²) in [5.41, 5.74) is 1.16. The maximum absolute atomic E-state index is 13.9. The number of benzene rings is 1. The lowest BCUT2D eigenvalue weighted by Gasteiger charge is -2.08. The van der Waals surface area contributed by atoms with Crippen LogP contribution in [-0.4, -0.2) is 22.7 Å². The minimum absolute atomic E-state index is 0.0427. The number of hydrogen-bond donors (Lipinski definition) is 0. The molecule has 4 nitrogen and oxygen atoms in total. The summed E-state index contributed by atoms with van der Waals surface area (Å²) < 4.78 is 20.6. The predicted octanol–water partition coefficient (Wildman–Crippen LogP) is 2.98. The first-order valence-corrected chi connectivity index (χ1v) is 6.49. The lowest BCUT2D eigenvalue weighted by atomic mass is 10.0. The molecule has 0 spiro atoms. The van der Waals surface area contributed by atoms with Gasteiger partial charge in [0.1, 0.15) is 5.82 Å². The number of methoxy groups -OCH3 is 1. The number of ether oxygens (including phenoxy) is 1. The summed E-state index contributed by atoms with van der Waals surface area (Å²) in [6.07, 6.45) is 2.30. The van der Waals surface area contributed by atoms with Crippen LogP contribution in [0.5, 0.6) is 5.75 Å². The highest BCUT2D eigenvalue weighted by Gasteiger charge is 2.23. The topological polar surface area (TPSA) is 44.1 Å². The standard InChI is InChI=1S/C15H17FN2O2/c1-4-7-18-14(13(20-3)9-17-18)15(19)11-8-10(2)5-6-12(11)16/h5-6,8-9H,4,7H2,1-3H3. The smallest absolute Gasteiger partial charge is 0.217 e. The number of halogens is 1. The molecule has 2 aromatic rings. The van der Waals surface area contributed by atoms with Crippen LogP contribution in [0.1, 0.15) is 35.0 Å². The molecule has 0 saturated carbocycles. The first-order valence-electron chi connectivity index (χ1n) is 6.49. The second-order valence-electron chi connectivity index (χ2n) is 4.60. The third-order valence-electron chi connectivity index (χ3n) is 3.04. The second-order valence-corrected chi connectivity index (χ2v) is 4.60. The van der Waals surface area contributed by atoms with E-state index in [-0.39, 0.29) is 5.56 Å². The molecule has 0 amide bonds. The van der Waals surface area contributed by atoms with E-state index >= 15 is 0 Å². The highest BCUT2D eigenvalue weighted by molar-refractivity contribution is 6.09. The largest absolute Gasteiger partial charge is 0.493 e. The van der Waals surface area contributed by atoms with Gasteiger partial charge >= 0.3 is 0 Å². The molecule has 5 heteroatoms. The summed E-state index contributed by atoms with van der Waals surface area (Å²) in [5.74, 6) is -0.578. The summed E-state index contributed by atoms with van der Waals surface area (Å²) in [4.78, 5) is 12.6. The molecule has 0 aliphatic rings. The summed E-state index contributed by atoms with van der Waals surface area (Å²) in [7, 11) is 1.47. The fraction of sp³-hybridized carbons (Fsp3) is 0.333. The van der Waals surface area contributed by atoms with Gasteiger partial charge in [-0.05, 0) is 25.5 Å². The minimum Gasteiger partial charge on any atom is -0.493 e. The Hall–Kier alpha value is -2.17. The van der Waals surface area contributed by atoms with Crippen LogP contribution in [0.3, 0.4) is 0 Å². The zero-order chi connectivity index (χ0) is 14.7. The number of aryl methyl sites for hydroxylation is 2. The van der Waals surface area contributed by atoms with Gasteiger partial charge in [-0.2, -0.15) is 5.10 Å². The molecule has 106 valence electrons. The molecule has 0 atom stereocenters. The Morgan fingerprint density at radius 3 is 2.85 bits per heavy atom. The van der Waals surface area contributed by atoms with Crippen LogP contribution in [-0.2, 0) is 6.54 Å². The van der Waals surface area contributed by atoms with E-state index in [1.165, 1.54) is 19.4 Å². The Morgan fingerprint density at radius 1 is 1.45 bits per heavy atom. The van der Waals surface area contributed by atoms with Gasteiger partial charge in [0, 0.05) is 6.54 Å². The SMILES string of the molecule is CCCn1ncc(OC)c1C(=O)c1cc(C)ccc1F. The Balaban J connectivity index is 2.52. The molecule has 0 bridgehead atoms. The first-order chi connectivity index (χ1) is 9.58. The van der Waals surface area contributed by atoms with E-state index in [1.54, 1.807) is 16.8 Å². The highest BCUT2D eigenvalue weighted by Crippen LogP contribution is 2.23. The average molecular weight is 276 g/mol. The summed E-state index contributed by atoms with van der Waals surface area (Å²) in [6, 6.07) is 4.47. The zero-order valence-corrected chi connectivity index (χ0v) is 11.8. The third kappa shape index (κ3) is 2.57. The van der Waals surface area contributed by atoms with Crippen LogP contribution < -0.4 is 4.74 Å². The Labute approximate surface area is 117 Å². The van der Waals surface area contributed by atoms with Crippen molar-refractivity contribution in [2.45, 2.75) is 26.8 Å². The number of carbonyl (C=O) groups is 1. The van der Waals surface area contributed by atoms with E-state index in [0.29, 0.717) is 18.0 Å². The number of rotatable bonds is 5. The van der Waals surface area contributed by atoms with Crippen molar-refractivity contribution in [2.75, 3.05) is 7.11 Å². The van der Waals surface area contributed by atoms with Gasteiger partial charge in [0.15, 0.2) is 11.4 Å².